The van der Waals surface area contributed by atoms with Crippen molar-refractivity contribution in [1.82, 2.24) is 9.61 Å². The van der Waals surface area contributed by atoms with Crippen molar-refractivity contribution in [3.8, 4) is 5.75 Å². The monoisotopic (exact) mass is 326 g/mol. The van der Waals surface area contributed by atoms with E-state index in [1.165, 1.54) is 13.3 Å². The number of hydrogen-bond donors (Lipinski definition) is 0. The zero-order valence-corrected chi connectivity index (χ0v) is 12.4. The first kappa shape index (κ1) is 13.9. The number of carbonyl (C=O) groups is 1. The second kappa shape index (κ2) is 6.06. The second-order valence-corrected chi connectivity index (χ2v) is 4.79. The predicted molar refractivity (Wildman–Crippen MR) is 74.6 cm³/mol. The number of nitrogens with zero attached hydrogens (tertiary/aromatic N) is 2. The summed E-state index contributed by atoms with van der Waals surface area (Å²) < 4.78 is 12.7. The topological polar surface area (TPSA) is 52.8 Å². The summed E-state index contributed by atoms with van der Waals surface area (Å²) in [5, 5.41) is 4.17. The summed E-state index contributed by atoms with van der Waals surface area (Å²) in [5.41, 5.74) is 1.12. The van der Waals surface area contributed by atoms with E-state index in [9.17, 15) is 4.79 Å². The number of ether oxygens (including phenoxy) is 2. The molecule has 2 heterocycles. The van der Waals surface area contributed by atoms with Crippen LogP contribution in [0, 0.1) is 0 Å². The van der Waals surface area contributed by atoms with Gasteiger partial charge in [-0.25, -0.2) is 9.31 Å². The van der Waals surface area contributed by atoms with Crippen molar-refractivity contribution < 1.29 is 14.3 Å². The van der Waals surface area contributed by atoms with Gasteiger partial charge in [0.05, 0.1) is 25.4 Å². The summed E-state index contributed by atoms with van der Waals surface area (Å²) in [7, 11) is 1.35. The lowest BCUT2D eigenvalue weighted by molar-refractivity contribution is 0.0603. The lowest BCUT2D eigenvalue weighted by Gasteiger charge is -2.08. The zero-order chi connectivity index (χ0) is 13.8. The fraction of sp³-hybridized carbons (Fsp3) is 0.385. The number of halogens is 1. The number of methoxy groups -OCH3 is 1. The van der Waals surface area contributed by atoms with E-state index in [1.54, 1.807) is 10.6 Å². The highest BCUT2D eigenvalue weighted by atomic mass is 79.9. The first-order valence-corrected chi connectivity index (χ1v) is 6.85. The van der Waals surface area contributed by atoms with E-state index in [-0.39, 0.29) is 0 Å². The Kier molecular flexibility index (Phi) is 4.42. The fourth-order valence-corrected chi connectivity index (χ4v) is 2.23. The molecule has 0 bridgehead atoms. The van der Waals surface area contributed by atoms with E-state index < -0.39 is 5.97 Å². The lowest BCUT2D eigenvalue weighted by atomic mass is 10.2. The molecule has 6 heteroatoms. The number of hydrogen-bond acceptors (Lipinski definition) is 4. The molecule has 0 amide bonds. The van der Waals surface area contributed by atoms with Gasteiger partial charge in [0.1, 0.15) is 10.2 Å². The Morgan fingerprint density at radius 1 is 1.47 bits per heavy atom. The van der Waals surface area contributed by atoms with Gasteiger partial charge in [0.25, 0.3) is 0 Å². The quantitative estimate of drug-likeness (QED) is 0.481. The van der Waals surface area contributed by atoms with Gasteiger partial charge in [-0.1, -0.05) is 13.3 Å². The van der Waals surface area contributed by atoms with Crippen LogP contribution in [0.2, 0.25) is 0 Å². The summed E-state index contributed by atoms with van der Waals surface area (Å²) in [5.74, 6) is 0.307. The molecule has 0 spiro atoms. The van der Waals surface area contributed by atoms with Crippen LogP contribution in [0.3, 0.4) is 0 Å². The van der Waals surface area contributed by atoms with Crippen LogP contribution in [0.15, 0.2) is 22.9 Å². The van der Waals surface area contributed by atoms with Crippen LogP contribution in [-0.4, -0.2) is 29.3 Å². The van der Waals surface area contributed by atoms with Crippen LogP contribution in [0.25, 0.3) is 5.52 Å². The molecule has 0 aliphatic carbocycles. The van der Waals surface area contributed by atoms with Gasteiger partial charge in [-0.15, -0.1) is 0 Å². The highest BCUT2D eigenvalue weighted by Crippen LogP contribution is 2.27. The minimum atomic E-state index is -0.401. The molecule has 0 aliphatic heterocycles. The van der Waals surface area contributed by atoms with Crippen LogP contribution < -0.4 is 4.74 Å². The maximum Gasteiger partial charge on any atom is 0.341 e. The molecule has 19 heavy (non-hydrogen) atoms. The third-order valence-electron chi connectivity index (χ3n) is 2.75. The molecule has 0 N–H and O–H groups in total. The first-order valence-electron chi connectivity index (χ1n) is 6.06. The molecular weight excluding hydrogens is 312 g/mol. The molecule has 0 unspecified atom stereocenters. The molecule has 0 radical (unpaired) electrons. The Hall–Kier alpha value is -1.56. The summed E-state index contributed by atoms with van der Waals surface area (Å²) >= 11 is 3.44. The van der Waals surface area contributed by atoms with Gasteiger partial charge in [0, 0.05) is 0 Å². The second-order valence-electron chi connectivity index (χ2n) is 4.04. The predicted octanol–water partition coefficient (Wildman–Crippen LogP) is 3.06. The van der Waals surface area contributed by atoms with Crippen LogP contribution >= 0.6 is 15.9 Å². The SMILES string of the molecule is CCCCOc1ccc2c(C(=O)OC)cnn2c1Br. The average Bonchev–Trinajstić information content (AvgIpc) is 2.85. The van der Waals surface area contributed by atoms with E-state index in [4.69, 9.17) is 9.47 Å². The van der Waals surface area contributed by atoms with Gasteiger partial charge in [0.15, 0.2) is 5.75 Å². The smallest absolute Gasteiger partial charge is 0.341 e. The van der Waals surface area contributed by atoms with Gasteiger partial charge >= 0.3 is 5.97 Å². The third-order valence-corrected chi connectivity index (χ3v) is 3.48. The van der Waals surface area contributed by atoms with E-state index in [0.717, 1.165) is 12.8 Å². The fourth-order valence-electron chi connectivity index (χ4n) is 1.70. The minimum Gasteiger partial charge on any atom is -0.491 e. The molecule has 5 nitrogen and oxygen atoms in total. The third kappa shape index (κ3) is 2.73. The van der Waals surface area contributed by atoms with Gasteiger partial charge in [-0.05, 0) is 34.5 Å². The number of rotatable bonds is 5. The average molecular weight is 327 g/mol. The largest absolute Gasteiger partial charge is 0.491 e. The standard InChI is InChI=1S/C13H15BrN2O3/c1-3-4-7-19-11-6-5-10-9(13(17)18-2)8-15-16(10)12(11)14/h5-6,8H,3-4,7H2,1-2H3. The molecule has 0 atom stereocenters. The van der Waals surface area contributed by atoms with Crippen molar-refractivity contribution in [3.63, 3.8) is 0 Å². The van der Waals surface area contributed by atoms with Crippen LogP contribution in [0.4, 0.5) is 0 Å². The van der Waals surface area contributed by atoms with Gasteiger partial charge < -0.3 is 9.47 Å². The Morgan fingerprint density at radius 2 is 2.26 bits per heavy atom. The number of unbranched alkanes of at least 4 members (excludes halogenated alkanes) is 1. The Morgan fingerprint density at radius 3 is 2.95 bits per heavy atom. The van der Waals surface area contributed by atoms with Crippen molar-refractivity contribution in [3.05, 3.63) is 28.5 Å². The first-order chi connectivity index (χ1) is 9.19. The molecule has 0 aliphatic rings. The molecule has 102 valence electrons. The normalized spacial score (nSPS) is 10.7. The maximum atomic E-state index is 11.6. The lowest BCUT2D eigenvalue weighted by Crippen LogP contribution is -2.02. The van der Waals surface area contributed by atoms with E-state index in [0.29, 0.717) is 28.0 Å². The van der Waals surface area contributed by atoms with Crippen molar-refractivity contribution in [2.75, 3.05) is 13.7 Å². The van der Waals surface area contributed by atoms with E-state index in [2.05, 4.69) is 28.0 Å². The van der Waals surface area contributed by atoms with Gasteiger partial charge in [-0.3, -0.25) is 0 Å². The van der Waals surface area contributed by atoms with Crippen molar-refractivity contribution in [2.45, 2.75) is 19.8 Å². The molecule has 2 aromatic heterocycles. The molecule has 0 saturated carbocycles. The summed E-state index contributed by atoms with van der Waals surface area (Å²) in [6, 6.07) is 3.62. The van der Waals surface area contributed by atoms with Crippen molar-refractivity contribution >= 4 is 27.4 Å². The highest BCUT2D eigenvalue weighted by molar-refractivity contribution is 9.10. The summed E-state index contributed by atoms with van der Waals surface area (Å²) in [6.07, 6.45) is 3.56. The maximum absolute atomic E-state index is 11.6. The Balaban J connectivity index is 2.35. The Bertz CT molecular complexity index is 595. The molecule has 2 rings (SSSR count). The zero-order valence-electron chi connectivity index (χ0n) is 10.9. The highest BCUT2D eigenvalue weighted by Gasteiger charge is 2.16. The summed E-state index contributed by atoms with van der Waals surface area (Å²) in [6.45, 7) is 2.77. The van der Waals surface area contributed by atoms with Crippen molar-refractivity contribution in [1.29, 1.82) is 0 Å². The van der Waals surface area contributed by atoms with Crippen LogP contribution in [-0.2, 0) is 4.74 Å². The Labute approximate surface area is 119 Å². The van der Waals surface area contributed by atoms with Gasteiger partial charge in [0.2, 0.25) is 0 Å². The van der Waals surface area contributed by atoms with Crippen LogP contribution in [0.5, 0.6) is 5.75 Å². The molecule has 0 saturated heterocycles. The number of esters is 1. The molecule has 2 aromatic rings. The molecular formula is C13H15BrN2O3. The number of aromatic nitrogens is 2. The minimum absolute atomic E-state index is 0.401. The summed E-state index contributed by atoms with van der Waals surface area (Å²) in [4.78, 5) is 11.6. The number of fused-ring (bicyclic) bond motifs is 1. The van der Waals surface area contributed by atoms with E-state index in [1.807, 2.05) is 6.07 Å². The number of pyridine rings is 1. The molecule has 0 aromatic carbocycles. The molecule has 0 fully saturated rings. The van der Waals surface area contributed by atoms with Gasteiger partial charge in [-0.2, -0.15) is 5.10 Å². The van der Waals surface area contributed by atoms with Crippen LogP contribution in [0.1, 0.15) is 30.1 Å². The van der Waals surface area contributed by atoms with E-state index >= 15 is 0 Å². The van der Waals surface area contributed by atoms with Crippen molar-refractivity contribution in [2.24, 2.45) is 0 Å². The number of carbonyl (C=O) groups excluding carboxylic acids is 1.